The van der Waals surface area contributed by atoms with E-state index in [0.29, 0.717) is 0 Å². The summed E-state index contributed by atoms with van der Waals surface area (Å²) >= 11 is 0. The predicted molar refractivity (Wildman–Crippen MR) is 86.0 cm³/mol. The lowest BCUT2D eigenvalue weighted by Crippen LogP contribution is -2.24. The normalized spacial score (nSPS) is 10.5. The maximum Gasteiger partial charge on any atom is 0.0367 e. The number of benzene rings is 1. The Bertz CT molecular complexity index is 410. The highest BCUT2D eigenvalue weighted by molar-refractivity contribution is 5.66. The van der Waals surface area contributed by atoms with Crippen molar-refractivity contribution in [1.82, 2.24) is 4.90 Å². The summed E-state index contributed by atoms with van der Waals surface area (Å²) in [6, 6.07) is 6.24. The van der Waals surface area contributed by atoms with Crippen LogP contribution < -0.4 is 5.73 Å². The van der Waals surface area contributed by atoms with Gasteiger partial charge in [0.2, 0.25) is 0 Å². The van der Waals surface area contributed by atoms with Gasteiger partial charge in [0.15, 0.2) is 0 Å². The first-order chi connectivity index (χ1) is 9.10. The van der Waals surface area contributed by atoms with Gasteiger partial charge in [-0.2, -0.15) is 0 Å². The van der Waals surface area contributed by atoms with Gasteiger partial charge in [-0.3, -0.25) is 0 Å². The van der Waals surface area contributed by atoms with Crippen LogP contribution in [0.15, 0.2) is 24.8 Å². The van der Waals surface area contributed by atoms with E-state index in [-0.39, 0.29) is 0 Å². The van der Waals surface area contributed by atoms with Crippen molar-refractivity contribution in [1.29, 1.82) is 0 Å². The summed E-state index contributed by atoms with van der Waals surface area (Å²) in [5.41, 5.74) is 10.2. The molecule has 0 radical (unpaired) electrons. The highest BCUT2D eigenvalue weighted by Gasteiger charge is 2.09. The van der Waals surface area contributed by atoms with Gasteiger partial charge in [0.05, 0.1) is 0 Å². The zero-order chi connectivity index (χ0) is 14.3. The summed E-state index contributed by atoms with van der Waals surface area (Å²) in [5.74, 6) is 0. The summed E-state index contributed by atoms with van der Waals surface area (Å²) < 4.78 is 0. The Hall–Kier alpha value is -1.44. The Kier molecular flexibility index (Phi) is 6.48. The summed E-state index contributed by atoms with van der Waals surface area (Å²) in [6.07, 6.45) is 4.91. The number of aryl methyl sites for hydroxylation is 1. The topological polar surface area (TPSA) is 29.3 Å². The van der Waals surface area contributed by atoms with E-state index in [2.05, 4.69) is 37.5 Å². The molecule has 0 atom stereocenters. The van der Waals surface area contributed by atoms with Crippen molar-refractivity contribution in [2.24, 2.45) is 0 Å². The maximum absolute atomic E-state index is 5.99. The molecular weight excluding hydrogens is 232 g/mol. The Morgan fingerprint density at radius 3 is 2.47 bits per heavy atom. The minimum Gasteiger partial charge on any atom is -0.398 e. The molecule has 0 aromatic heterocycles. The highest BCUT2D eigenvalue weighted by Crippen LogP contribution is 2.22. The van der Waals surface area contributed by atoms with E-state index in [9.17, 15) is 0 Å². The quantitative estimate of drug-likeness (QED) is 0.552. The molecule has 2 nitrogen and oxygen atoms in total. The van der Waals surface area contributed by atoms with Crippen LogP contribution in [0.25, 0.3) is 5.70 Å². The first kappa shape index (κ1) is 15.6. The maximum atomic E-state index is 5.99. The second-order valence-corrected chi connectivity index (χ2v) is 5.21. The van der Waals surface area contributed by atoms with E-state index in [4.69, 9.17) is 5.73 Å². The molecule has 1 aromatic carbocycles. The van der Waals surface area contributed by atoms with Gasteiger partial charge in [-0.05, 0) is 37.0 Å². The van der Waals surface area contributed by atoms with Crippen molar-refractivity contribution in [2.45, 2.75) is 46.5 Å². The fraction of sp³-hybridized carbons (Fsp3) is 0.529. The lowest BCUT2D eigenvalue weighted by atomic mass is 10.1. The number of nitrogens with two attached hydrogens (primary N) is 1. The molecule has 0 fully saturated rings. The molecule has 2 N–H and O–H groups in total. The number of nitrogen functional groups attached to an aromatic ring is 1. The fourth-order valence-corrected chi connectivity index (χ4v) is 2.21. The Labute approximate surface area is 118 Å². The largest absolute Gasteiger partial charge is 0.398 e. The van der Waals surface area contributed by atoms with Crippen LogP contribution in [-0.2, 0) is 0 Å². The lowest BCUT2D eigenvalue weighted by molar-refractivity contribution is 0.384. The van der Waals surface area contributed by atoms with Crippen LogP contribution >= 0.6 is 0 Å². The standard InChI is InChI=1S/C17H28N2/c1-5-7-8-12-19(11-6-2)15(4)16-10-9-14(3)17(18)13-16/h9-10,13H,4-8,11-12,18H2,1-3H3. The molecule has 0 amide bonds. The van der Waals surface area contributed by atoms with Gasteiger partial charge in [-0.25, -0.2) is 0 Å². The van der Waals surface area contributed by atoms with Gasteiger partial charge in [0.25, 0.3) is 0 Å². The van der Waals surface area contributed by atoms with Gasteiger partial charge in [-0.1, -0.05) is 45.4 Å². The predicted octanol–water partition coefficient (Wildman–Crippen LogP) is 4.45. The molecule has 0 heterocycles. The smallest absolute Gasteiger partial charge is 0.0367 e. The van der Waals surface area contributed by atoms with E-state index in [0.717, 1.165) is 42.0 Å². The van der Waals surface area contributed by atoms with Gasteiger partial charge < -0.3 is 10.6 Å². The Morgan fingerprint density at radius 2 is 1.89 bits per heavy atom. The zero-order valence-corrected chi connectivity index (χ0v) is 12.7. The van der Waals surface area contributed by atoms with E-state index < -0.39 is 0 Å². The minimum atomic E-state index is 0.851. The second-order valence-electron chi connectivity index (χ2n) is 5.21. The third-order valence-electron chi connectivity index (χ3n) is 3.52. The molecule has 0 saturated heterocycles. The van der Waals surface area contributed by atoms with E-state index in [1.54, 1.807) is 0 Å². The number of rotatable bonds is 8. The van der Waals surface area contributed by atoms with Crippen LogP contribution in [-0.4, -0.2) is 18.0 Å². The second kappa shape index (κ2) is 7.88. The monoisotopic (exact) mass is 260 g/mol. The third kappa shape index (κ3) is 4.62. The molecule has 0 aliphatic carbocycles. The fourth-order valence-electron chi connectivity index (χ4n) is 2.21. The zero-order valence-electron chi connectivity index (χ0n) is 12.7. The summed E-state index contributed by atoms with van der Waals surface area (Å²) in [7, 11) is 0. The van der Waals surface area contributed by atoms with Crippen molar-refractivity contribution in [3.63, 3.8) is 0 Å². The average Bonchev–Trinajstić information content (AvgIpc) is 2.40. The van der Waals surface area contributed by atoms with Crippen molar-refractivity contribution in [3.8, 4) is 0 Å². The number of nitrogens with zero attached hydrogens (tertiary/aromatic N) is 1. The molecule has 2 heteroatoms. The molecule has 1 rings (SSSR count). The van der Waals surface area contributed by atoms with Crippen LogP contribution in [0.4, 0.5) is 5.69 Å². The van der Waals surface area contributed by atoms with Crippen molar-refractivity contribution in [2.75, 3.05) is 18.8 Å². The van der Waals surface area contributed by atoms with Gasteiger partial charge in [-0.15, -0.1) is 0 Å². The van der Waals surface area contributed by atoms with Gasteiger partial charge >= 0.3 is 0 Å². The molecule has 0 aliphatic rings. The Balaban J connectivity index is 2.76. The number of hydrogen-bond acceptors (Lipinski definition) is 2. The summed E-state index contributed by atoms with van der Waals surface area (Å²) in [6.45, 7) is 12.9. The molecule has 19 heavy (non-hydrogen) atoms. The van der Waals surface area contributed by atoms with E-state index in [1.807, 2.05) is 13.0 Å². The number of unbranched alkanes of at least 4 members (excludes halogenated alkanes) is 2. The van der Waals surface area contributed by atoms with E-state index in [1.165, 1.54) is 19.3 Å². The van der Waals surface area contributed by atoms with Crippen LogP contribution in [0.1, 0.15) is 50.7 Å². The van der Waals surface area contributed by atoms with Crippen molar-refractivity contribution >= 4 is 11.4 Å². The third-order valence-corrected chi connectivity index (χ3v) is 3.52. The molecule has 0 aliphatic heterocycles. The van der Waals surface area contributed by atoms with Crippen molar-refractivity contribution < 1.29 is 0 Å². The number of anilines is 1. The lowest BCUT2D eigenvalue weighted by Gasteiger charge is -2.27. The van der Waals surface area contributed by atoms with Crippen LogP contribution in [0.2, 0.25) is 0 Å². The highest BCUT2D eigenvalue weighted by atomic mass is 15.1. The summed E-state index contributed by atoms with van der Waals surface area (Å²) in [4.78, 5) is 2.39. The minimum absolute atomic E-state index is 0.851. The van der Waals surface area contributed by atoms with Gasteiger partial charge in [0.1, 0.15) is 0 Å². The average molecular weight is 260 g/mol. The molecule has 0 bridgehead atoms. The Morgan fingerprint density at radius 1 is 1.16 bits per heavy atom. The van der Waals surface area contributed by atoms with Crippen LogP contribution in [0, 0.1) is 6.92 Å². The first-order valence-electron chi connectivity index (χ1n) is 7.40. The molecule has 0 spiro atoms. The molecule has 1 aromatic rings. The number of hydrogen-bond donors (Lipinski definition) is 1. The molecule has 106 valence electrons. The van der Waals surface area contributed by atoms with Crippen LogP contribution in [0.3, 0.4) is 0 Å². The summed E-state index contributed by atoms with van der Waals surface area (Å²) in [5, 5.41) is 0. The van der Waals surface area contributed by atoms with Gasteiger partial charge in [0, 0.05) is 24.5 Å². The van der Waals surface area contributed by atoms with Crippen molar-refractivity contribution in [3.05, 3.63) is 35.9 Å². The molecule has 0 unspecified atom stereocenters. The first-order valence-corrected chi connectivity index (χ1v) is 7.40. The molecular formula is C17H28N2. The van der Waals surface area contributed by atoms with E-state index >= 15 is 0 Å². The van der Waals surface area contributed by atoms with Crippen LogP contribution in [0.5, 0.6) is 0 Å². The SMILES string of the molecule is C=C(c1ccc(C)c(N)c1)N(CCC)CCCCC. The molecule has 0 saturated carbocycles.